The zero-order valence-electron chi connectivity index (χ0n) is 9.94. The first kappa shape index (κ1) is 11.2. The monoisotopic (exact) mass is 221 g/mol. The van der Waals surface area contributed by atoms with Crippen molar-refractivity contribution in [2.24, 2.45) is 5.92 Å². The van der Waals surface area contributed by atoms with Crippen molar-refractivity contribution < 1.29 is 4.79 Å². The molecule has 1 saturated carbocycles. The average molecular weight is 221 g/mol. The van der Waals surface area contributed by atoms with E-state index in [-0.39, 0.29) is 5.91 Å². The fraction of sp³-hybridized carbons (Fsp3) is 0.667. The topological polar surface area (TPSA) is 46.9 Å². The fourth-order valence-electron chi connectivity index (χ4n) is 2.31. The molecule has 0 saturated heterocycles. The molecule has 1 aliphatic rings. The van der Waals surface area contributed by atoms with Crippen LogP contribution in [-0.2, 0) is 4.79 Å². The second-order valence-electron chi connectivity index (χ2n) is 4.80. The van der Waals surface area contributed by atoms with Gasteiger partial charge in [0.15, 0.2) is 0 Å². The number of amides is 1. The highest BCUT2D eigenvalue weighted by atomic mass is 16.1. The standard InChI is InChI=1S/C12H19N3O/c1-9-3-5-12(6-4-9)15-8-11(7-13-15)14-10(2)16/h7-9,12H,3-6H2,1-2H3,(H,14,16). The second-order valence-corrected chi connectivity index (χ2v) is 4.80. The van der Waals surface area contributed by atoms with E-state index in [1.54, 1.807) is 6.20 Å². The Labute approximate surface area is 96.0 Å². The first-order valence-corrected chi connectivity index (χ1v) is 5.97. The SMILES string of the molecule is CC(=O)Nc1cnn(C2CCC(C)CC2)c1. The van der Waals surface area contributed by atoms with E-state index in [4.69, 9.17) is 0 Å². The van der Waals surface area contributed by atoms with Crippen LogP contribution in [0.25, 0.3) is 0 Å². The van der Waals surface area contributed by atoms with E-state index in [1.165, 1.54) is 32.6 Å². The second kappa shape index (κ2) is 4.68. The molecule has 1 aliphatic carbocycles. The highest BCUT2D eigenvalue weighted by Gasteiger charge is 2.20. The van der Waals surface area contributed by atoms with E-state index in [1.807, 2.05) is 10.9 Å². The summed E-state index contributed by atoms with van der Waals surface area (Å²) < 4.78 is 2.00. The van der Waals surface area contributed by atoms with Crippen LogP contribution in [0.2, 0.25) is 0 Å². The summed E-state index contributed by atoms with van der Waals surface area (Å²) in [4.78, 5) is 10.9. The van der Waals surface area contributed by atoms with Gasteiger partial charge in [0.05, 0.1) is 17.9 Å². The Kier molecular flexibility index (Phi) is 3.27. The van der Waals surface area contributed by atoms with Gasteiger partial charge in [0, 0.05) is 13.1 Å². The lowest BCUT2D eigenvalue weighted by molar-refractivity contribution is -0.114. The van der Waals surface area contributed by atoms with Crippen LogP contribution in [0.5, 0.6) is 0 Å². The van der Waals surface area contributed by atoms with Gasteiger partial charge in [-0.15, -0.1) is 0 Å². The maximum Gasteiger partial charge on any atom is 0.221 e. The molecule has 1 amide bonds. The molecular weight excluding hydrogens is 202 g/mol. The molecule has 1 N–H and O–H groups in total. The highest BCUT2D eigenvalue weighted by Crippen LogP contribution is 2.31. The minimum Gasteiger partial charge on any atom is -0.324 e. The minimum atomic E-state index is -0.0446. The van der Waals surface area contributed by atoms with E-state index < -0.39 is 0 Å². The summed E-state index contributed by atoms with van der Waals surface area (Å²) in [5, 5.41) is 7.07. The molecular formula is C12H19N3O. The van der Waals surface area contributed by atoms with Gasteiger partial charge in [0.1, 0.15) is 0 Å². The Balaban J connectivity index is 1.99. The predicted molar refractivity (Wildman–Crippen MR) is 63.2 cm³/mol. The first-order valence-electron chi connectivity index (χ1n) is 5.97. The molecule has 0 bridgehead atoms. The molecule has 4 nitrogen and oxygen atoms in total. The van der Waals surface area contributed by atoms with E-state index >= 15 is 0 Å². The molecule has 16 heavy (non-hydrogen) atoms. The van der Waals surface area contributed by atoms with Crippen LogP contribution in [0, 0.1) is 5.92 Å². The maximum absolute atomic E-state index is 10.9. The summed E-state index contributed by atoms with van der Waals surface area (Å²) in [5.74, 6) is 0.804. The molecule has 88 valence electrons. The Morgan fingerprint density at radius 3 is 2.75 bits per heavy atom. The molecule has 0 atom stereocenters. The van der Waals surface area contributed by atoms with Crippen molar-refractivity contribution in [2.45, 2.75) is 45.6 Å². The van der Waals surface area contributed by atoms with Gasteiger partial charge in [-0.05, 0) is 31.6 Å². The molecule has 0 spiro atoms. The van der Waals surface area contributed by atoms with Gasteiger partial charge in [-0.3, -0.25) is 9.48 Å². The molecule has 0 radical (unpaired) electrons. The number of rotatable bonds is 2. The number of aromatic nitrogens is 2. The Morgan fingerprint density at radius 1 is 1.44 bits per heavy atom. The molecule has 1 aromatic heterocycles. The summed E-state index contributed by atoms with van der Waals surface area (Å²) in [7, 11) is 0. The largest absolute Gasteiger partial charge is 0.324 e. The zero-order valence-corrected chi connectivity index (χ0v) is 9.94. The number of carbonyl (C=O) groups is 1. The van der Waals surface area contributed by atoms with Crippen LogP contribution >= 0.6 is 0 Å². The summed E-state index contributed by atoms with van der Waals surface area (Å²) in [6, 6.07) is 0.513. The molecule has 2 rings (SSSR count). The Hall–Kier alpha value is -1.32. The summed E-state index contributed by atoms with van der Waals surface area (Å²) in [5.41, 5.74) is 0.797. The first-order chi connectivity index (χ1) is 7.65. The molecule has 1 aromatic rings. The smallest absolute Gasteiger partial charge is 0.221 e. The van der Waals surface area contributed by atoms with Crippen molar-refractivity contribution in [3.05, 3.63) is 12.4 Å². The molecule has 4 heteroatoms. The Bertz CT molecular complexity index is 364. The number of nitrogens with zero attached hydrogens (tertiary/aromatic N) is 2. The normalized spacial score (nSPS) is 25.4. The van der Waals surface area contributed by atoms with Gasteiger partial charge >= 0.3 is 0 Å². The van der Waals surface area contributed by atoms with Gasteiger partial charge in [-0.1, -0.05) is 6.92 Å². The summed E-state index contributed by atoms with van der Waals surface area (Å²) in [6.07, 6.45) is 8.60. The number of hydrogen-bond acceptors (Lipinski definition) is 2. The van der Waals surface area contributed by atoms with Crippen LogP contribution in [0.15, 0.2) is 12.4 Å². The van der Waals surface area contributed by atoms with Crippen LogP contribution in [0.4, 0.5) is 5.69 Å². The van der Waals surface area contributed by atoms with Gasteiger partial charge in [0.2, 0.25) is 5.91 Å². The van der Waals surface area contributed by atoms with Crippen molar-refractivity contribution in [1.82, 2.24) is 9.78 Å². The Morgan fingerprint density at radius 2 is 2.12 bits per heavy atom. The molecule has 0 aliphatic heterocycles. The third-order valence-electron chi connectivity index (χ3n) is 3.28. The quantitative estimate of drug-likeness (QED) is 0.834. The molecule has 0 unspecified atom stereocenters. The lowest BCUT2D eigenvalue weighted by Crippen LogP contribution is -2.17. The molecule has 1 heterocycles. The lowest BCUT2D eigenvalue weighted by atomic mass is 9.87. The van der Waals surface area contributed by atoms with Crippen molar-refractivity contribution >= 4 is 11.6 Å². The highest BCUT2D eigenvalue weighted by molar-refractivity contribution is 5.88. The van der Waals surface area contributed by atoms with E-state index in [9.17, 15) is 4.79 Å². The molecule has 0 aromatic carbocycles. The van der Waals surface area contributed by atoms with Gasteiger partial charge < -0.3 is 5.32 Å². The van der Waals surface area contributed by atoms with Crippen LogP contribution in [0.1, 0.15) is 45.6 Å². The summed E-state index contributed by atoms with van der Waals surface area (Å²) in [6.45, 7) is 3.82. The van der Waals surface area contributed by atoms with Gasteiger partial charge in [-0.2, -0.15) is 5.10 Å². The third-order valence-corrected chi connectivity index (χ3v) is 3.28. The zero-order chi connectivity index (χ0) is 11.5. The van der Waals surface area contributed by atoms with Crippen LogP contribution in [0.3, 0.4) is 0 Å². The van der Waals surface area contributed by atoms with Crippen molar-refractivity contribution in [3.63, 3.8) is 0 Å². The van der Waals surface area contributed by atoms with Crippen molar-refractivity contribution in [1.29, 1.82) is 0 Å². The third kappa shape index (κ3) is 2.62. The number of carbonyl (C=O) groups excluding carboxylic acids is 1. The maximum atomic E-state index is 10.9. The fourth-order valence-corrected chi connectivity index (χ4v) is 2.31. The van der Waals surface area contributed by atoms with Crippen molar-refractivity contribution in [2.75, 3.05) is 5.32 Å². The van der Waals surface area contributed by atoms with E-state index in [0.29, 0.717) is 6.04 Å². The number of nitrogens with one attached hydrogen (secondary N) is 1. The molecule has 1 fully saturated rings. The number of anilines is 1. The van der Waals surface area contributed by atoms with Crippen LogP contribution < -0.4 is 5.32 Å². The van der Waals surface area contributed by atoms with E-state index in [0.717, 1.165) is 11.6 Å². The van der Waals surface area contributed by atoms with E-state index in [2.05, 4.69) is 17.3 Å². The van der Waals surface area contributed by atoms with Gasteiger partial charge in [-0.25, -0.2) is 0 Å². The number of hydrogen-bond donors (Lipinski definition) is 1. The summed E-state index contributed by atoms with van der Waals surface area (Å²) >= 11 is 0. The van der Waals surface area contributed by atoms with Gasteiger partial charge in [0.25, 0.3) is 0 Å². The predicted octanol–water partition coefficient (Wildman–Crippen LogP) is 2.59. The average Bonchev–Trinajstić information content (AvgIpc) is 2.66. The van der Waals surface area contributed by atoms with Crippen LogP contribution in [-0.4, -0.2) is 15.7 Å². The lowest BCUT2D eigenvalue weighted by Gasteiger charge is -2.26. The minimum absolute atomic E-state index is 0.0446. The van der Waals surface area contributed by atoms with Crippen molar-refractivity contribution in [3.8, 4) is 0 Å².